The van der Waals surface area contributed by atoms with Crippen molar-refractivity contribution in [3.05, 3.63) is 60.2 Å². The summed E-state index contributed by atoms with van der Waals surface area (Å²) in [7, 11) is 3.15. The number of aromatic nitrogens is 4. The summed E-state index contributed by atoms with van der Waals surface area (Å²) in [5, 5.41) is 18.4. The molecule has 2 N–H and O–H groups in total. The molecule has 0 radical (unpaired) electrons. The fraction of sp³-hybridized carbons (Fsp3) is 0.217. The van der Waals surface area contributed by atoms with Gasteiger partial charge in [0.2, 0.25) is 5.88 Å². The van der Waals surface area contributed by atoms with Crippen LogP contribution in [0.3, 0.4) is 0 Å². The number of hydrogen-bond donors (Lipinski definition) is 2. The van der Waals surface area contributed by atoms with Crippen LogP contribution in [0.4, 0.5) is 10.5 Å². The number of carbonyl (C=O) groups excluding carboxylic acids is 1. The Bertz CT molecular complexity index is 1270. The monoisotopic (exact) mass is 448 g/mol. The third-order valence-electron chi connectivity index (χ3n) is 4.91. The number of methoxy groups -OCH3 is 2. The Kier molecular flexibility index (Phi) is 6.53. The Morgan fingerprint density at radius 2 is 1.82 bits per heavy atom. The minimum absolute atomic E-state index is 0.244. The van der Waals surface area contributed by atoms with E-state index in [2.05, 4.69) is 25.9 Å². The molecule has 0 aliphatic carbocycles. The van der Waals surface area contributed by atoms with E-state index >= 15 is 0 Å². The predicted octanol–water partition coefficient (Wildman–Crippen LogP) is 3.32. The number of aryl methyl sites for hydroxylation is 1. The zero-order chi connectivity index (χ0) is 23.2. The average molecular weight is 448 g/mol. The number of urea groups is 1. The van der Waals surface area contributed by atoms with Crippen LogP contribution >= 0.6 is 0 Å². The van der Waals surface area contributed by atoms with E-state index in [1.807, 2.05) is 43.3 Å². The van der Waals surface area contributed by atoms with E-state index in [1.54, 1.807) is 36.9 Å². The summed E-state index contributed by atoms with van der Waals surface area (Å²) in [6, 6.07) is 16.2. The average Bonchev–Trinajstić information content (AvgIpc) is 3.26. The fourth-order valence-corrected chi connectivity index (χ4v) is 3.20. The van der Waals surface area contributed by atoms with Crippen molar-refractivity contribution in [3.8, 4) is 28.8 Å². The number of carbonyl (C=O) groups is 1. The Hall–Kier alpha value is -4.34. The van der Waals surface area contributed by atoms with E-state index < -0.39 is 0 Å². The van der Waals surface area contributed by atoms with Gasteiger partial charge in [-0.15, -0.1) is 15.3 Å². The van der Waals surface area contributed by atoms with Gasteiger partial charge >= 0.3 is 6.03 Å². The van der Waals surface area contributed by atoms with Gasteiger partial charge in [0.1, 0.15) is 6.61 Å². The van der Waals surface area contributed by atoms with Gasteiger partial charge < -0.3 is 24.8 Å². The largest absolute Gasteiger partial charge is 0.493 e. The van der Waals surface area contributed by atoms with Crippen LogP contribution in [0.2, 0.25) is 0 Å². The molecule has 0 fully saturated rings. The number of nitrogens with one attached hydrogen (secondary N) is 2. The van der Waals surface area contributed by atoms with E-state index in [0.717, 1.165) is 16.8 Å². The van der Waals surface area contributed by atoms with Gasteiger partial charge in [-0.2, -0.15) is 4.52 Å². The number of benzene rings is 2. The van der Waals surface area contributed by atoms with Crippen LogP contribution in [0.25, 0.3) is 17.0 Å². The molecule has 0 atom stereocenters. The molecule has 2 aromatic heterocycles. The second-order valence-electron chi connectivity index (χ2n) is 7.08. The maximum atomic E-state index is 12.1. The highest BCUT2D eigenvalue weighted by atomic mass is 16.5. The van der Waals surface area contributed by atoms with E-state index in [0.29, 0.717) is 35.4 Å². The van der Waals surface area contributed by atoms with Crippen LogP contribution < -0.4 is 24.8 Å². The molecule has 2 amide bonds. The third kappa shape index (κ3) is 4.95. The number of fused-ring (bicyclic) bond motifs is 1. The van der Waals surface area contributed by atoms with Crippen LogP contribution in [0.5, 0.6) is 17.4 Å². The summed E-state index contributed by atoms with van der Waals surface area (Å²) in [5.41, 5.74) is 3.08. The molecule has 33 heavy (non-hydrogen) atoms. The standard InChI is InChI=1S/C23H24N6O4/c1-15-6-4-5-7-17(15)25-23(30)24-12-13-33-21-11-10-20-26-27-22(29(20)28-21)16-8-9-18(31-2)19(14-16)32-3/h4-11,14H,12-13H2,1-3H3,(H2,24,25,30). The topological polar surface area (TPSA) is 112 Å². The number of ether oxygens (including phenoxy) is 3. The van der Waals surface area contributed by atoms with Crippen molar-refractivity contribution in [2.45, 2.75) is 6.92 Å². The summed E-state index contributed by atoms with van der Waals surface area (Å²) < 4.78 is 18.0. The molecule has 2 heterocycles. The van der Waals surface area contributed by atoms with Crippen molar-refractivity contribution in [3.63, 3.8) is 0 Å². The van der Waals surface area contributed by atoms with Gasteiger partial charge in [0.15, 0.2) is 23.0 Å². The van der Waals surface area contributed by atoms with Crippen molar-refractivity contribution < 1.29 is 19.0 Å². The van der Waals surface area contributed by atoms with Gasteiger partial charge in [-0.25, -0.2) is 4.79 Å². The van der Waals surface area contributed by atoms with Gasteiger partial charge in [-0.1, -0.05) is 18.2 Å². The first kappa shape index (κ1) is 21.9. The SMILES string of the molecule is COc1ccc(-c2nnc3ccc(OCCNC(=O)Nc4ccccc4C)nn23)cc1OC. The van der Waals surface area contributed by atoms with Crippen LogP contribution in [-0.2, 0) is 0 Å². The summed E-state index contributed by atoms with van der Waals surface area (Å²) in [5.74, 6) is 2.11. The molecule has 0 aliphatic rings. The van der Waals surface area contributed by atoms with Crippen molar-refractivity contribution >= 4 is 17.4 Å². The Morgan fingerprint density at radius 3 is 2.61 bits per heavy atom. The normalized spacial score (nSPS) is 10.6. The number of hydrogen-bond acceptors (Lipinski definition) is 7. The zero-order valence-electron chi connectivity index (χ0n) is 18.5. The van der Waals surface area contributed by atoms with Gasteiger partial charge in [-0.3, -0.25) is 0 Å². The molecule has 4 aromatic rings. The highest BCUT2D eigenvalue weighted by molar-refractivity contribution is 5.89. The molecule has 0 bridgehead atoms. The van der Waals surface area contributed by atoms with E-state index in [9.17, 15) is 4.79 Å². The fourth-order valence-electron chi connectivity index (χ4n) is 3.20. The zero-order valence-corrected chi connectivity index (χ0v) is 18.5. The number of nitrogens with zero attached hydrogens (tertiary/aromatic N) is 4. The molecular formula is C23H24N6O4. The smallest absolute Gasteiger partial charge is 0.319 e. The maximum absolute atomic E-state index is 12.1. The second kappa shape index (κ2) is 9.86. The Labute approximate surface area is 190 Å². The molecule has 2 aromatic carbocycles. The molecule has 4 rings (SSSR count). The quantitative estimate of drug-likeness (QED) is 0.398. The predicted molar refractivity (Wildman–Crippen MR) is 123 cm³/mol. The van der Waals surface area contributed by atoms with Crippen LogP contribution in [0.15, 0.2) is 54.6 Å². The maximum Gasteiger partial charge on any atom is 0.319 e. The van der Waals surface area contributed by atoms with Crippen molar-refractivity contribution in [2.24, 2.45) is 0 Å². The summed E-state index contributed by atoms with van der Waals surface area (Å²) >= 11 is 0. The summed E-state index contributed by atoms with van der Waals surface area (Å²) in [6.45, 7) is 2.48. The lowest BCUT2D eigenvalue weighted by Gasteiger charge is -2.10. The van der Waals surface area contributed by atoms with Crippen molar-refractivity contribution in [2.75, 3.05) is 32.7 Å². The minimum atomic E-state index is -0.300. The lowest BCUT2D eigenvalue weighted by molar-refractivity contribution is 0.246. The van der Waals surface area contributed by atoms with E-state index in [1.165, 1.54) is 0 Å². The van der Waals surface area contributed by atoms with E-state index in [-0.39, 0.29) is 12.6 Å². The highest BCUT2D eigenvalue weighted by Crippen LogP contribution is 2.31. The molecule has 10 heteroatoms. The first-order chi connectivity index (χ1) is 16.1. The minimum Gasteiger partial charge on any atom is -0.493 e. The molecule has 10 nitrogen and oxygen atoms in total. The van der Waals surface area contributed by atoms with Gasteiger partial charge in [0, 0.05) is 17.3 Å². The summed E-state index contributed by atoms with van der Waals surface area (Å²) in [6.07, 6.45) is 0. The van der Waals surface area contributed by atoms with Gasteiger partial charge in [-0.05, 0) is 42.8 Å². The second-order valence-corrected chi connectivity index (χ2v) is 7.08. The first-order valence-corrected chi connectivity index (χ1v) is 10.3. The molecule has 0 unspecified atom stereocenters. The van der Waals surface area contributed by atoms with E-state index in [4.69, 9.17) is 14.2 Å². The third-order valence-corrected chi connectivity index (χ3v) is 4.91. The van der Waals surface area contributed by atoms with Crippen molar-refractivity contribution in [1.29, 1.82) is 0 Å². The number of amides is 2. The molecule has 170 valence electrons. The number of rotatable bonds is 8. The van der Waals surface area contributed by atoms with Gasteiger partial charge in [0.05, 0.1) is 20.8 Å². The lowest BCUT2D eigenvalue weighted by Crippen LogP contribution is -2.32. The molecular weight excluding hydrogens is 424 g/mol. The van der Waals surface area contributed by atoms with Crippen LogP contribution in [-0.4, -0.2) is 53.2 Å². The molecule has 0 saturated carbocycles. The molecule has 0 spiro atoms. The molecule has 0 aliphatic heterocycles. The summed E-state index contributed by atoms with van der Waals surface area (Å²) in [4.78, 5) is 12.1. The van der Waals surface area contributed by atoms with Crippen LogP contribution in [0.1, 0.15) is 5.56 Å². The molecule has 0 saturated heterocycles. The number of anilines is 1. The first-order valence-electron chi connectivity index (χ1n) is 10.3. The Balaban J connectivity index is 1.39. The van der Waals surface area contributed by atoms with Gasteiger partial charge in [0.25, 0.3) is 0 Å². The van der Waals surface area contributed by atoms with Crippen molar-refractivity contribution in [1.82, 2.24) is 25.1 Å². The highest BCUT2D eigenvalue weighted by Gasteiger charge is 2.13. The number of para-hydroxylation sites is 1. The van der Waals surface area contributed by atoms with Crippen LogP contribution in [0, 0.1) is 6.92 Å². The lowest BCUT2D eigenvalue weighted by atomic mass is 10.2. The Morgan fingerprint density at radius 1 is 1.00 bits per heavy atom.